The highest BCUT2D eigenvalue weighted by atomic mass is 16.6. The van der Waals surface area contributed by atoms with Crippen LogP contribution in [0.25, 0.3) is 5.65 Å². The number of carbonyl (C=O) groups excluding carboxylic acids is 1. The Labute approximate surface area is 184 Å². The lowest BCUT2D eigenvalue weighted by Crippen LogP contribution is -2.48. The van der Waals surface area contributed by atoms with Crippen molar-refractivity contribution in [3.8, 4) is 0 Å². The van der Waals surface area contributed by atoms with Crippen molar-refractivity contribution in [1.29, 1.82) is 0 Å². The first-order chi connectivity index (χ1) is 14.7. The van der Waals surface area contributed by atoms with E-state index in [0.717, 1.165) is 55.9 Å². The molecule has 2 aromatic rings. The number of alkyl carbamates (subject to hydrolysis) is 1. The minimum Gasteiger partial charge on any atom is -0.444 e. The van der Waals surface area contributed by atoms with Crippen molar-refractivity contribution in [2.24, 2.45) is 4.99 Å². The van der Waals surface area contributed by atoms with Crippen molar-refractivity contribution in [3.63, 3.8) is 0 Å². The molecule has 3 rings (SSSR count). The summed E-state index contributed by atoms with van der Waals surface area (Å²) in [6.45, 7) is 8.47. The molecule has 0 unspecified atom stereocenters. The molecule has 0 saturated heterocycles. The van der Waals surface area contributed by atoms with Gasteiger partial charge in [-0.1, -0.05) is 6.07 Å². The van der Waals surface area contributed by atoms with Crippen molar-refractivity contribution in [3.05, 3.63) is 35.8 Å². The van der Waals surface area contributed by atoms with E-state index >= 15 is 0 Å². The Hall–Kier alpha value is -2.77. The maximum atomic E-state index is 12.0. The predicted molar refractivity (Wildman–Crippen MR) is 124 cm³/mol. The Bertz CT molecular complexity index is 906. The Morgan fingerprint density at radius 1 is 1.23 bits per heavy atom. The van der Waals surface area contributed by atoms with Gasteiger partial charge in [-0.3, -0.25) is 4.99 Å². The second-order valence-electron chi connectivity index (χ2n) is 9.24. The molecule has 8 nitrogen and oxygen atoms in total. The lowest BCUT2D eigenvalue weighted by atomic mass is 9.91. The number of nitrogens with zero attached hydrogens (tertiary/aromatic N) is 3. The molecule has 8 heteroatoms. The molecule has 1 fully saturated rings. The van der Waals surface area contributed by atoms with Crippen molar-refractivity contribution in [2.45, 2.75) is 77.5 Å². The number of hydrogen-bond donors (Lipinski definition) is 3. The van der Waals surface area contributed by atoms with Crippen LogP contribution in [0.1, 0.15) is 57.7 Å². The van der Waals surface area contributed by atoms with Crippen molar-refractivity contribution in [2.75, 3.05) is 13.6 Å². The molecule has 0 radical (unpaired) electrons. The van der Waals surface area contributed by atoms with E-state index in [1.165, 1.54) is 5.56 Å². The molecule has 3 N–H and O–H groups in total. The maximum Gasteiger partial charge on any atom is 0.407 e. The van der Waals surface area contributed by atoms with E-state index in [4.69, 9.17) is 9.72 Å². The number of pyridine rings is 1. The maximum absolute atomic E-state index is 12.0. The first-order valence-corrected chi connectivity index (χ1v) is 11.1. The monoisotopic (exact) mass is 428 g/mol. The summed E-state index contributed by atoms with van der Waals surface area (Å²) in [5, 5.41) is 9.89. The fourth-order valence-electron chi connectivity index (χ4n) is 3.88. The summed E-state index contributed by atoms with van der Waals surface area (Å²) in [6.07, 6.45) is 8.42. The average molecular weight is 429 g/mol. The third kappa shape index (κ3) is 6.87. The van der Waals surface area contributed by atoms with Gasteiger partial charge in [-0.05, 0) is 65.0 Å². The van der Waals surface area contributed by atoms with Gasteiger partial charge in [-0.25, -0.2) is 9.78 Å². The molecule has 1 amide bonds. The Kier molecular flexibility index (Phi) is 7.41. The zero-order valence-corrected chi connectivity index (χ0v) is 19.4. The second kappa shape index (κ2) is 10.0. The largest absolute Gasteiger partial charge is 0.444 e. The quantitative estimate of drug-likeness (QED) is 0.502. The van der Waals surface area contributed by atoms with E-state index in [9.17, 15) is 4.79 Å². The van der Waals surface area contributed by atoms with E-state index < -0.39 is 5.60 Å². The molecule has 31 heavy (non-hydrogen) atoms. The summed E-state index contributed by atoms with van der Waals surface area (Å²) in [5.74, 6) is 0.809. The average Bonchev–Trinajstić information content (AvgIpc) is 3.11. The number of aromatic nitrogens is 2. The zero-order valence-electron chi connectivity index (χ0n) is 19.4. The van der Waals surface area contributed by atoms with E-state index in [2.05, 4.69) is 44.5 Å². The molecule has 170 valence electrons. The molecular weight excluding hydrogens is 392 g/mol. The summed E-state index contributed by atoms with van der Waals surface area (Å²) in [4.78, 5) is 21.0. The first kappa shape index (κ1) is 22.9. The summed E-state index contributed by atoms with van der Waals surface area (Å²) in [7, 11) is 1.79. The number of amides is 1. The number of imidazole rings is 1. The topological polar surface area (TPSA) is 92.0 Å². The van der Waals surface area contributed by atoms with Gasteiger partial charge in [-0.2, -0.15) is 0 Å². The van der Waals surface area contributed by atoms with Gasteiger partial charge in [0.2, 0.25) is 0 Å². The lowest BCUT2D eigenvalue weighted by molar-refractivity contribution is 0.0490. The Morgan fingerprint density at radius 3 is 2.52 bits per heavy atom. The third-order valence-corrected chi connectivity index (χ3v) is 5.41. The van der Waals surface area contributed by atoms with Crippen molar-refractivity contribution >= 4 is 17.7 Å². The zero-order chi connectivity index (χ0) is 22.4. The molecule has 0 bridgehead atoms. The number of fused-ring (bicyclic) bond motifs is 1. The highest BCUT2D eigenvalue weighted by Crippen LogP contribution is 2.19. The summed E-state index contributed by atoms with van der Waals surface area (Å²) in [5.41, 5.74) is 2.78. The number of aryl methyl sites for hydroxylation is 1. The minimum absolute atomic E-state index is 0.168. The van der Waals surface area contributed by atoms with Gasteiger partial charge in [0, 0.05) is 44.5 Å². The van der Waals surface area contributed by atoms with Gasteiger partial charge >= 0.3 is 6.09 Å². The van der Waals surface area contributed by atoms with Crippen molar-refractivity contribution in [1.82, 2.24) is 25.3 Å². The summed E-state index contributed by atoms with van der Waals surface area (Å²) < 4.78 is 7.43. The molecule has 1 saturated carbocycles. The van der Waals surface area contributed by atoms with E-state index in [1.807, 2.05) is 33.0 Å². The number of rotatable bonds is 5. The van der Waals surface area contributed by atoms with Crippen LogP contribution in [-0.2, 0) is 11.2 Å². The summed E-state index contributed by atoms with van der Waals surface area (Å²) >= 11 is 0. The molecule has 1 aliphatic rings. The van der Waals surface area contributed by atoms with Crippen molar-refractivity contribution < 1.29 is 9.53 Å². The molecule has 0 atom stereocenters. The van der Waals surface area contributed by atoms with Crippen LogP contribution in [-0.4, -0.2) is 52.7 Å². The highest BCUT2D eigenvalue weighted by molar-refractivity contribution is 5.80. The third-order valence-electron chi connectivity index (χ3n) is 5.41. The normalized spacial score (nSPS) is 19.8. The highest BCUT2D eigenvalue weighted by Gasteiger charge is 2.25. The SMILES string of the molecule is CN=C(NCCc1cn2cccc(C)c2n1)NC1CCC(NC(=O)OC(C)(C)C)CC1. The predicted octanol–water partition coefficient (Wildman–Crippen LogP) is 3.19. The number of ether oxygens (including phenoxy) is 1. The molecular formula is C23H36N6O2. The number of guanidine groups is 1. The molecule has 1 aliphatic carbocycles. The van der Waals surface area contributed by atoms with E-state index in [-0.39, 0.29) is 12.1 Å². The summed E-state index contributed by atoms with van der Waals surface area (Å²) in [6, 6.07) is 4.63. The Balaban J connectivity index is 1.39. The first-order valence-electron chi connectivity index (χ1n) is 11.1. The van der Waals surface area contributed by atoms with E-state index in [1.54, 1.807) is 7.05 Å². The number of nitrogens with one attached hydrogen (secondary N) is 3. The standard InChI is InChI=1S/C23H36N6O2/c1-16-7-6-14-29-15-19(26-20(16)29)12-13-25-21(24-5)27-17-8-10-18(11-9-17)28-22(30)31-23(2,3)4/h6-7,14-15,17-18H,8-13H2,1-5H3,(H,28,30)(H2,24,25,27). The Morgan fingerprint density at radius 2 is 1.90 bits per heavy atom. The fraction of sp³-hybridized carbons (Fsp3) is 0.609. The lowest BCUT2D eigenvalue weighted by Gasteiger charge is -2.31. The van der Waals surface area contributed by atoms with Crippen LogP contribution in [0.3, 0.4) is 0 Å². The van der Waals surface area contributed by atoms with Gasteiger partial charge in [0.15, 0.2) is 5.96 Å². The van der Waals surface area contributed by atoms with Crippen LogP contribution in [0, 0.1) is 6.92 Å². The number of hydrogen-bond acceptors (Lipinski definition) is 4. The molecule has 2 heterocycles. The van der Waals surface area contributed by atoms with Crippen LogP contribution in [0.2, 0.25) is 0 Å². The van der Waals surface area contributed by atoms with Crippen LogP contribution < -0.4 is 16.0 Å². The molecule has 0 aliphatic heterocycles. The van der Waals surface area contributed by atoms with Crippen LogP contribution in [0.5, 0.6) is 0 Å². The fourth-order valence-corrected chi connectivity index (χ4v) is 3.88. The van der Waals surface area contributed by atoms with Crippen LogP contribution in [0.15, 0.2) is 29.5 Å². The molecule has 0 spiro atoms. The van der Waals surface area contributed by atoms with Gasteiger partial charge in [-0.15, -0.1) is 0 Å². The molecule has 2 aromatic heterocycles. The van der Waals surface area contributed by atoms with Crippen LogP contribution in [0.4, 0.5) is 4.79 Å². The van der Waals surface area contributed by atoms with Crippen LogP contribution >= 0.6 is 0 Å². The molecule has 0 aromatic carbocycles. The van der Waals surface area contributed by atoms with Gasteiger partial charge < -0.3 is 25.1 Å². The smallest absolute Gasteiger partial charge is 0.407 e. The van der Waals surface area contributed by atoms with E-state index in [0.29, 0.717) is 6.04 Å². The number of carbonyl (C=O) groups is 1. The second-order valence-corrected chi connectivity index (χ2v) is 9.24. The number of aliphatic imine (C=N–C) groups is 1. The van der Waals surface area contributed by atoms with Gasteiger partial charge in [0.25, 0.3) is 0 Å². The van der Waals surface area contributed by atoms with Gasteiger partial charge in [0.05, 0.1) is 5.69 Å². The van der Waals surface area contributed by atoms with Gasteiger partial charge in [0.1, 0.15) is 11.2 Å². The minimum atomic E-state index is -0.469.